The predicted molar refractivity (Wildman–Crippen MR) is 60.6 cm³/mol. The molecule has 0 aliphatic carbocycles. The third kappa shape index (κ3) is 2.65. The van der Waals surface area contributed by atoms with Gasteiger partial charge in [-0.15, -0.1) is 0 Å². The van der Waals surface area contributed by atoms with E-state index < -0.39 is 5.82 Å². The van der Waals surface area contributed by atoms with Gasteiger partial charge in [0, 0.05) is 19.2 Å². The Kier molecular flexibility index (Phi) is 3.44. The first-order valence-corrected chi connectivity index (χ1v) is 5.40. The maximum Gasteiger partial charge on any atom is 0.250 e. The van der Waals surface area contributed by atoms with Gasteiger partial charge in [-0.25, -0.2) is 9.37 Å². The van der Waals surface area contributed by atoms with Crippen molar-refractivity contribution in [2.45, 2.75) is 12.1 Å². The van der Waals surface area contributed by atoms with Crippen LogP contribution < -0.4 is 15.2 Å². The minimum atomic E-state index is -0.537. The molecule has 94 valence electrons. The lowest BCUT2D eigenvalue weighted by Crippen LogP contribution is -2.37. The summed E-state index contributed by atoms with van der Waals surface area (Å²) in [5.74, 6) is -0.200. The van der Waals surface area contributed by atoms with Crippen LogP contribution in [0.5, 0.6) is 11.6 Å². The van der Waals surface area contributed by atoms with Crippen LogP contribution in [0.2, 0.25) is 0 Å². The zero-order chi connectivity index (χ0) is 12.4. The van der Waals surface area contributed by atoms with E-state index >= 15 is 0 Å². The highest BCUT2D eigenvalue weighted by Gasteiger charge is 2.29. The van der Waals surface area contributed by atoms with E-state index in [9.17, 15) is 4.39 Å². The standard InChI is InChI=1S/C11H16FN3O2/c1-15-5-9(13)10(6-15)17-7-3-8(12)11(16-2)14-4-7/h3-4,9-10H,5-6,13H2,1-2H3. The van der Waals surface area contributed by atoms with E-state index in [1.807, 2.05) is 7.05 Å². The molecule has 5 nitrogen and oxygen atoms in total. The molecule has 1 aromatic rings. The molecule has 2 unspecified atom stereocenters. The lowest BCUT2D eigenvalue weighted by atomic mass is 10.2. The van der Waals surface area contributed by atoms with Gasteiger partial charge in [0.05, 0.1) is 19.3 Å². The molecule has 2 heterocycles. The molecule has 1 aromatic heterocycles. The van der Waals surface area contributed by atoms with Gasteiger partial charge in [0.25, 0.3) is 0 Å². The molecule has 0 amide bonds. The van der Waals surface area contributed by atoms with Gasteiger partial charge in [-0.3, -0.25) is 0 Å². The second kappa shape index (κ2) is 4.85. The molecule has 0 bridgehead atoms. The SMILES string of the molecule is COc1ncc(OC2CN(C)CC2N)cc1F. The van der Waals surface area contributed by atoms with E-state index in [0.717, 1.165) is 13.1 Å². The summed E-state index contributed by atoms with van der Waals surface area (Å²) in [6.45, 7) is 1.51. The van der Waals surface area contributed by atoms with E-state index in [2.05, 4.69) is 9.88 Å². The van der Waals surface area contributed by atoms with Crippen LogP contribution in [0, 0.1) is 5.82 Å². The molecule has 1 saturated heterocycles. The van der Waals surface area contributed by atoms with Crippen LogP contribution in [-0.2, 0) is 0 Å². The van der Waals surface area contributed by atoms with Crippen molar-refractivity contribution in [1.29, 1.82) is 0 Å². The van der Waals surface area contributed by atoms with Crippen LogP contribution in [0.4, 0.5) is 4.39 Å². The van der Waals surface area contributed by atoms with Gasteiger partial charge in [-0.1, -0.05) is 0 Å². The van der Waals surface area contributed by atoms with E-state index in [1.165, 1.54) is 19.4 Å². The summed E-state index contributed by atoms with van der Waals surface area (Å²) >= 11 is 0. The average Bonchev–Trinajstić information content (AvgIpc) is 2.58. The fourth-order valence-electron chi connectivity index (χ4n) is 1.92. The number of methoxy groups -OCH3 is 1. The first-order chi connectivity index (χ1) is 8.10. The summed E-state index contributed by atoms with van der Waals surface area (Å²) in [4.78, 5) is 5.88. The Balaban J connectivity index is 2.06. The number of likely N-dealkylation sites (N-methyl/N-ethyl adjacent to an activating group) is 1. The number of hydrogen-bond donors (Lipinski definition) is 1. The summed E-state index contributed by atoms with van der Waals surface area (Å²) in [7, 11) is 3.34. The van der Waals surface area contributed by atoms with Gasteiger partial charge in [0.2, 0.25) is 5.88 Å². The second-order valence-electron chi connectivity index (χ2n) is 4.20. The van der Waals surface area contributed by atoms with Crippen LogP contribution in [-0.4, -0.2) is 49.3 Å². The van der Waals surface area contributed by atoms with Crippen LogP contribution in [0.25, 0.3) is 0 Å². The molecule has 17 heavy (non-hydrogen) atoms. The number of aromatic nitrogens is 1. The summed E-state index contributed by atoms with van der Waals surface area (Å²) in [6.07, 6.45) is 1.31. The zero-order valence-electron chi connectivity index (χ0n) is 9.89. The quantitative estimate of drug-likeness (QED) is 0.822. The summed E-state index contributed by atoms with van der Waals surface area (Å²) in [5.41, 5.74) is 5.91. The van der Waals surface area contributed by atoms with Crippen molar-refractivity contribution in [2.24, 2.45) is 5.73 Å². The first-order valence-electron chi connectivity index (χ1n) is 5.40. The number of halogens is 1. The Morgan fingerprint density at radius 1 is 1.53 bits per heavy atom. The molecule has 1 fully saturated rings. The minimum Gasteiger partial charge on any atom is -0.486 e. The van der Waals surface area contributed by atoms with Crippen molar-refractivity contribution in [2.75, 3.05) is 27.2 Å². The molecule has 2 rings (SSSR count). The normalized spacial score (nSPS) is 24.9. The van der Waals surface area contributed by atoms with E-state index in [4.69, 9.17) is 15.2 Å². The maximum atomic E-state index is 13.4. The highest BCUT2D eigenvalue weighted by atomic mass is 19.1. The van der Waals surface area contributed by atoms with Crippen molar-refractivity contribution in [3.05, 3.63) is 18.1 Å². The number of pyridine rings is 1. The van der Waals surface area contributed by atoms with E-state index in [1.54, 1.807) is 0 Å². The molecular formula is C11H16FN3O2. The monoisotopic (exact) mass is 241 g/mol. The number of rotatable bonds is 3. The van der Waals surface area contributed by atoms with Gasteiger partial charge in [0.1, 0.15) is 11.9 Å². The van der Waals surface area contributed by atoms with Crippen molar-refractivity contribution in [1.82, 2.24) is 9.88 Å². The minimum absolute atomic E-state index is 0.0369. The molecule has 2 atom stereocenters. The number of hydrogen-bond acceptors (Lipinski definition) is 5. The van der Waals surface area contributed by atoms with Gasteiger partial charge in [0.15, 0.2) is 5.82 Å². The summed E-state index contributed by atoms with van der Waals surface area (Å²) in [6, 6.07) is 1.20. The topological polar surface area (TPSA) is 60.6 Å². The lowest BCUT2D eigenvalue weighted by molar-refractivity contribution is 0.193. The van der Waals surface area contributed by atoms with Crippen LogP contribution in [0.15, 0.2) is 12.3 Å². The van der Waals surface area contributed by atoms with Gasteiger partial charge in [-0.05, 0) is 7.05 Å². The smallest absolute Gasteiger partial charge is 0.250 e. The molecule has 6 heteroatoms. The number of nitrogens with two attached hydrogens (primary N) is 1. The Hall–Kier alpha value is -1.40. The molecule has 0 aromatic carbocycles. The molecule has 0 saturated carbocycles. The van der Waals surface area contributed by atoms with E-state index in [-0.39, 0.29) is 18.0 Å². The maximum absolute atomic E-state index is 13.4. The van der Waals surface area contributed by atoms with Crippen LogP contribution in [0.3, 0.4) is 0 Å². The Morgan fingerprint density at radius 3 is 2.82 bits per heavy atom. The Labute approximate surface area is 99.3 Å². The Morgan fingerprint density at radius 2 is 2.29 bits per heavy atom. The Bertz CT molecular complexity index is 402. The highest BCUT2D eigenvalue weighted by Crippen LogP contribution is 2.21. The fourth-order valence-corrected chi connectivity index (χ4v) is 1.92. The summed E-state index contributed by atoms with van der Waals surface area (Å²) in [5, 5.41) is 0. The third-order valence-electron chi connectivity index (χ3n) is 2.75. The second-order valence-corrected chi connectivity index (χ2v) is 4.20. The predicted octanol–water partition coefficient (Wildman–Crippen LogP) is 0.249. The molecule has 1 aliphatic rings. The fraction of sp³-hybridized carbons (Fsp3) is 0.545. The molecule has 0 spiro atoms. The molecule has 2 N–H and O–H groups in total. The first kappa shape index (κ1) is 12.1. The average molecular weight is 241 g/mol. The lowest BCUT2D eigenvalue weighted by Gasteiger charge is -2.16. The van der Waals surface area contributed by atoms with Crippen molar-refractivity contribution in [3.63, 3.8) is 0 Å². The molecular weight excluding hydrogens is 225 g/mol. The largest absolute Gasteiger partial charge is 0.486 e. The zero-order valence-corrected chi connectivity index (χ0v) is 9.89. The van der Waals surface area contributed by atoms with Gasteiger partial charge < -0.3 is 20.1 Å². The van der Waals surface area contributed by atoms with Crippen molar-refractivity contribution >= 4 is 0 Å². The summed E-state index contributed by atoms with van der Waals surface area (Å²) < 4.78 is 23.7. The molecule has 0 radical (unpaired) electrons. The number of likely N-dealkylation sites (tertiary alicyclic amines) is 1. The number of ether oxygens (including phenoxy) is 2. The van der Waals surface area contributed by atoms with E-state index in [0.29, 0.717) is 5.75 Å². The number of nitrogens with zero attached hydrogens (tertiary/aromatic N) is 2. The van der Waals surface area contributed by atoms with Crippen LogP contribution in [0.1, 0.15) is 0 Å². The highest BCUT2D eigenvalue weighted by molar-refractivity contribution is 5.25. The third-order valence-corrected chi connectivity index (χ3v) is 2.75. The molecule has 1 aliphatic heterocycles. The van der Waals surface area contributed by atoms with Crippen LogP contribution >= 0.6 is 0 Å². The van der Waals surface area contributed by atoms with Crippen molar-refractivity contribution < 1.29 is 13.9 Å². The van der Waals surface area contributed by atoms with Gasteiger partial charge >= 0.3 is 0 Å². The van der Waals surface area contributed by atoms with Gasteiger partial charge in [-0.2, -0.15) is 0 Å². The van der Waals surface area contributed by atoms with Crippen molar-refractivity contribution in [3.8, 4) is 11.6 Å².